The third-order valence-corrected chi connectivity index (χ3v) is 7.57. The lowest BCUT2D eigenvalue weighted by molar-refractivity contribution is -0.135. The molecule has 5 nitrogen and oxygen atoms in total. The lowest BCUT2D eigenvalue weighted by atomic mass is 9.66. The Kier molecular flexibility index (Phi) is 3.97. The van der Waals surface area contributed by atoms with Crippen LogP contribution in [0.4, 0.5) is 0 Å². The molecule has 1 aliphatic heterocycles. The number of amides is 1. The smallest absolute Gasteiger partial charge is 0.226 e. The minimum atomic E-state index is 0.272. The monoisotopic (exact) mass is 344 g/mol. The molecule has 1 aromatic heterocycles. The second-order valence-corrected chi connectivity index (χ2v) is 9.29. The molecule has 1 spiro atoms. The second-order valence-electron chi connectivity index (χ2n) is 9.29. The molecule has 0 saturated heterocycles. The van der Waals surface area contributed by atoms with Crippen LogP contribution in [-0.2, 0) is 17.9 Å². The molecule has 1 atom stereocenters. The zero-order chi connectivity index (χ0) is 17.8. The number of aryl methyl sites for hydroxylation is 1. The van der Waals surface area contributed by atoms with Gasteiger partial charge in [-0.3, -0.25) is 4.79 Å². The van der Waals surface area contributed by atoms with Gasteiger partial charge in [-0.25, -0.2) is 9.67 Å². The number of aromatic nitrogens is 3. The molecule has 0 radical (unpaired) electrons. The van der Waals surface area contributed by atoms with E-state index in [0.717, 1.165) is 37.1 Å². The standard InChI is InChI=1S/C20H32N4O/c1-5-19(3,4)15-6-8-20(9-7-15)12-16(20)18(25)23-10-11-24-17(13-23)21-14(2)22-24/h15-16H,5-13H2,1-4H3. The quantitative estimate of drug-likeness (QED) is 0.842. The van der Waals surface area contributed by atoms with E-state index in [1.54, 1.807) is 0 Å². The van der Waals surface area contributed by atoms with E-state index in [1.807, 2.05) is 16.5 Å². The van der Waals surface area contributed by atoms with Crippen molar-refractivity contribution in [3.63, 3.8) is 0 Å². The molecule has 0 N–H and O–H groups in total. The van der Waals surface area contributed by atoms with E-state index in [1.165, 1.54) is 32.1 Å². The zero-order valence-corrected chi connectivity index (χ0v) is 16.2. The molecule has 3 aliphatic rings. The van der Waals surface area contributed by atoms with Crippen LogP contribution in [0.1, 0.15) is 70.9 Å². The highest BCUT2D eigenvalue weighted by molar-refractivity contribution is 5.82. The van der Waals surface area contributed by atoms with Crippen molar-refractivity contribution < 1.29 is 4.79 Å². The number of nitrogens with zero attached hydrogens (tertiary/aromatic N) is 4. The van der Waals surface area contributed by atoms with Crippen molar-refractivity contribution in [3.05, 3.63) is 11.6 Å². The average Bonchev–Trinajstić information content (AvgIpc) is 3.15. The molecular weight excluding hydrogens is 312 g/mol. The van der Waals surface area contributed by atoms with Crippen LogP contribution in [0.15, 0.2) is 0 Å². The summed E-state index contributed by atoms with van der Waals surface area (Å²) in [7, 11) is 0. The number of carbonyl (C=O) groups excluding carboxylic acids is 1. The van der Waals surface area contributed by atoms with Crippen molar-refractivity contribution in [1.82, 2.24) is 19.7 Å². The Labute approximate surface area is 151 Å². The molecular formula is C20H32N4O. The van der Waals surface area contributed by atoms with Gasteiger partial charge in [-0.15, -0.1) is 0 Å². The van der Waals surface area contributed by atoms with Crippen LogP contribution in [0.25, 0.3) is 0 Å². The molecule has 4 rings (SSSR count). The van der Waals surface area contributed by atoms with Crippen LogP contribution < -0.4 is 0 Å². The maximum Gasteiger partial charge on any atom is 0.226 e. The molecule has 25 heavy (non-hydrogen) atoms. The maximum absolute atomic E-state index is 13.1. The van der Waals surface area contributed by atoms with Gasteiger partial charge in [-0.2, -0.15) is 5.10 Å². The highest BCUT2D eigenvalue weighted by Gasteiger charge is 2.60. The van der Waals surface area contributed by atoms with Crippen LogP contribution in [0.5, 0.6) is 0 Å². The van der Waals surface area contributed by atoms with Gasteiger partial charge >= 0.3 is 0 Å². The Hall–Kier alpha value is -1.39. The molecule has 2 fully saturated rings. The van der Waals surface area contributed by atoms with Crippen molar-refractivity contribution in [3.8, 4) is 0 Å². The Bertz CT molecular complexity index is 669. The normalized spacial score (nSPS) is 31.9. The molecule has 138 valence electrons. The van der Waals surface area contributed by atoms with Gasteiger partial charge in [0.15, 0.2) is 0 Å². The first-order valence-corrected chi connectivity index (χ1v) is 10.0. The molecule has 0 bridgehead atoms. The molecule has 2 saturated carbocycles. The van der Waals surface area contributed by atoms with Crippen molar-refractivity contribution in [2.75, 3.05) is 6.54 Å². The minimum absolute atomic E-state index is 0.272. The Morgan fingerprint density at radius 2 is 2.00 bits per heavy atom. The molecule has 0 aromatic carbocycles. The Morgan fingerprint density at radius 3 is 2.68 bits per heavy atom. The van der Waals surface area contributed by atoms with Crippen molar-refractivity contribution in [2.45, 2.75) is 79.3 Å². The number of fused-ring (bicyclic) bond motifs is 1. The number of rotatable bonds is 3. The largest absolute Gasteiger partial charge is 0.333 e. The molecule has 1 aromatic rings. The van der Waals surface area contributed by atoms with E-state index in [4.69, 9.17) is 0 Å². The van der Waals surface area contributed by atoms with Gasteiger partial charge in [0.05, 0.1) is 13.1 Å². The van der Waals surface area contributed by atoms with Crippen LogP contribution in [0, 0.1) is 29.6 Å². The summed E-state index contributed by atoms with van der Waals surface area (Å²) >= 11 is 0. The molecule has 1 unspecified atom stereocenters. The van der Waals surface area contributed by atoms with Gasteiger partial charge < -0.3 is 4.90 Å². The van der Waals surface area contributed by atoms with E-state index in [2.05, 4.69) is 30.9 Å². The minimum Gasteiger partial charge on any atom is -0.333 e. The van der Waals surface area contributed by atoms with E-state index in [0.29, 0.717) is 23.3 Å². The summed E-state index contributed by atoms with van der Waals surface area (Å²) in [5, 5.41) is 4.40. The van der Waals surface area contributed by atoms with Crippen molar-refractivity contribution >= 4 is 5.91 Å². The number of carbonyl (C=O) groups is 1. The molecule has 2 aliphatic carbocycles. The lowest BCUT2D eigenvalue weighted by Crippen LogP contribution is -2.40. The Morgan fingerprint density at radius 1 is 1.28 bits per heavy atom. The van der Waals surface area contributed by atoms with Gasteiger partial charge in [0.1, 0.15) is 11.6 Å². The maximum atomic E-state index is 13.1. The van der Waals surface area contributed by atoms with Gasteiger partial charge in [0, 0.05) is 12.5 Å². The summed E-state index contributed by atoms with van der Waals surface area (Å²) in [5.74, 6) is 3.23. The third kappa shape index (κ3) is 2.89. The second kappa shape index (κ2) is 5.82. The Balaban J connectivity index is 1.37. The molecule has 5 heteroatoms. The van der Waals surface area contributed by atoms with Crippen LogP contribution in [-0.4, -0.2) is 32.1 Å². The summed E-state index contributed by atoms with van der Waals surface area (Å²) in [6, 6.07) is 0. The number of hydrogen-bond donors (Lipinski definition) is 0. The highest BCUT2D eigenvalue weighted by Crippen LogP contribution is 2.64. The van der Waals surface area contributed by atoms with Gasteiger partial charge in [0.2, 0.25) is 5.91 Å². The van der Waals surface area contributed by atoms with Crippen molar-refractivity contribution in [2.24, 2.45) is 22.7 Å². The fourth-order valence-corrected chi connectivity index (χ4v) is 5.18. The van der Waals surface area contributed by atoms with Gasteiger partial charge in [0.25, 0.3) is 0 Å². The van der Waals surface area contributed by atoms with Gasteiger partial charge in [-0.1, -0.05) is 27.2 Å². The molecule has 2 heterocycles. The zero-order valence-electron chi connectivity index (χ0n) is 16.2. The van der Waals surface area contributed by atoms with E-state index in [9.17, 15) is 4.79 Å². The summed E-state index contributed by atoms with van der Waals surface area (Å²) in [5.41, 5.74) is 0.781. The summed E-state index contributed by atoms with van der Waals surface area (Å²) in [6.45, 7) is 11.3. The SMILES string of the molecule is CCC(C)(C)C1CCC2(CC1)CC2C(=O)N1CCn2nc(C)nc2C1. The topological polar surface area (TPSA) is 51.0 Å². The molecule has 1 amide bonds. The number of hydrogen-bond acceptors (Lipinski definition) is 3. The van der Waals surface area contributed by atoms with Crippen LogP contribution in [0.3, 0.4) is 0 Å². The van der Waals surface area contributed by atoms with Crippen molar-refractivity contribution in [1.29, 1.82) is 0 Å². The fraction of sp³-hybridized carbons (Fsp3) is 0.850. The van der Waals surface area contributed by atoms with Crippen LogP contribution in [0.2, 0.25) is 0 Å². The predicted molar refractivity (Wildman–Crippen MR) is 96.7 cm³/mol. The van der Waals surface area contributed by atoms with E-state index < -0.39 is 0 Å². The lowest BCUT2D eigenvalue weighted by Gasteiger charge is -2.39. The predicted octanol–water partition coefficient (Wildman–Crippen LogP) is 3.56. The summed E-state index contributed by atoms with van der Waals surface area (Å²) in [6.07, 6.45) is 7.48. The highest BCUT2D eigenvalue weighted by atomic mass is 16.2. The third-order valence-electron chi connectivity index (χ3n) is 7.57. The van der Waals surface area contributed by atoms with Gasteiger partial charge in [-0.05, 0) is 55.8 Å². The van der Waals surface area contributed by atoms with E-state index in [-0.39, 0.29) is 5.92 Å². The first-order valence-electron chi connectivity index (χ1n) is 10.0. The van der Waals surface area contributed by atoms with E-state index >= 15 is 0 Å². The fourth-order valence-electron chi connectivity index (χ4n) is 5.18. The first kappa shape index (κ1) is 17.0. The summed E-state index contributed by atoms with van der Waals surface area (Å²) in [4.78, 5) is 19.6. The average molecular weight is 345 g/mol. The first-order chi connectivity index (χ1) is 11.8. The summed E-state index contributed by atoms with van der Waals surface area (Å²) < 4.78 is 1.96. The van der Waals surface area contributed by atoms with Crippen LogP contribution >= 0.6 is 0 Å².